The van der Waals surface area contributed by atoms with Gasteiger partial charge < -0.3 is 4.90 Å². The van der Waals surface area contributed by atoms with Crippen LogP contribution in [0.1, 0.15) is 54.9 Å². The predicted octanol–water partition coefficient (Wildman–Crippen LogP) is 4.18. The SMILES string of the molecule is C[C@@H]1N=C(C(C)(C)C)N2CC(F)CC2=C1C(C)(C)C. The molecule has 1 unspecified atom stereocenters. The van der Waals surface area contributed by atoms with Gasteiger partial charge in [0.2, 0.25) is 0 Å². The van der Waals surface area contributed by atoms with E-state index in [0.717, 1.165) is 5.84 Å². The first-order valence-electron chi connectivity index (χ1n) is 7.25. The Balaban J connectivity index is 2.52. The summed E-state index contributed by atoms with van der Waals surface area (Å²) in [5, 5.41) is 0. The van der Waals surface area contributed by atoms with Crippen LogP contribution in [0.15, 0.2) is 16.3 Å². The minimum atomic E-state index is -0.759. The van der Waals surface area contributed by atoms with Crippen molar-refractivity contribution in [2.75, 3.05) is 6.54 Å². The van der Waals surface area contributed by atoms with Crippen LogP contribution in [0, 0.1) is 10.8 Å². The number of fused-ring (bicyclic) bond motifs is 1. The Labute approximate surface area is 116 Å². The van der Waals surface area contributed by atoms with Gasteiger partial charge in [-0.25, -0.2) is 4.39 Å². The topological polar surface area (TPSA) is 15.6 Å². The Morgan fingerprint density at radius 2 is 1.68 bits per heavy atom. The van der Waals surface area contributed by atoms with Gasteiger partial charge in [0.15, 0.2) is 0 Å². The molecule has 3 heteroatoms. The number of aliphatic imine (C=N–C) groups is 1. The van der Waals surface area contributed by atoms with E-state index in [2.05, 4.69) is 53.4 Å². The molecule has 2 atom stereocenters. The summed E-state index contributed by atoms with van der Waals surface area (Å²) in [5.74, 6) is 1.04. The molecule has 0 amide bonds. The molecule has 1 fully saturated rings. The molecule has 2 heterocycles. The molecule has 2 aliphatic rings. The van der Waals surface area contributed by atoms with Crippen LogP contribution >= 0.6 is 0 Å². The minimum Gasteiger partial charge on any atom is -0.330 e. The van der Waals surface area contributed by atoms with E-state index < -0.39 is 6.17 Å². The average molecular weight is 266 g/mol. The van der Waals surface area contributed by atoms with Crippen LogP contribution in [0.4, 0.5) is 4.39 Å². The van der Waals surface area contributed by atoms with E-state index in [9.17, 15) is 4.39 Å². The fourth-order valence-corrected chi connectivity index (χ4v) is 3.38. The molecule has 0 aromatic rings. The summed E-state index contributed by atoms with van der Waals surface area (Å²) in [4.78, 5) is 7.04. The molecular formula is C16H27FN2. The maximum atomic E-state index is 13.9. The van der Waals surface area contributed by atoms with Crippen LogP contribution in [0.3, 0.4) is 0 Å². The van der Waals surface area contributed by atoms with Crippen molar-refractivity contribution < 1.29 is 4.39 Å². The summed E-state index contributed by atoms with van der Waals surface area (Å²) in [6.07, 6.45) is -0.211. The van der Waals surface area contributed by atoms with Crippen LogP contribution in [0.2, 0.25) is 0 Å². The van der Waals surface area contributed by atoms with Crippen LogP contribution in [0.5, 0.6) is 0 Å². The van der Waals surface area contributed by atoms with E-state index in [-0.39, 0.29) is 16.9 Å². The second-order valence-corrected chi connectivity index (χ2v) is 7.90. The van der Waals surface area contributed by atoms with E-state index in [1.165, 1.54) is 11.3 Å². The summed E-state index contributed by atoms with van der Waals surface area (Å²) in [7, 11) is 0. The lowest BCUT2D eigenvalue weighted by atomic mass is 9.79. The van der Waals surface area contributed by atoms with Crippen molar-refractivity contribution in [2.24, 2.45) is 15.8 Å². The zero-order chi connectivity index (χ0) is 14.6. The molecule has 0 aromatic carbocycles. The first kappa shape index (κ1) is 14.5. The standard InChI is InChI=1S/C16H27FN2/c1-10-13(15(2,3)4)12-8-11(17)9-19(12)14(18-10)16(5,6)7/h10-11H,8-9H2,1-7H3/t10-,11?/m0/s1. The lowest BCUT2D eigenvalue weighted by Crippen LogP contribution is -2.43. The predicted molar refractivity (Wildman–Crippen MR) is 79.1 cm³/mol. The van der Waals surface area contributed by atoms with Crippen molar-refractivity contribution in [2.45, 2.75) is 67.1 Å². The molecule has 2 nitrogen and oxygen atoms in total. The van der Waals surface area contributed by atoms with Gasteiger partial charge in [0, 0.05) is 17.5 Å². The Bertz CT molecular complexity index is 435. The van der Waals surface area contributed by atoms with Crippen molar-refractivity contribution in [1.29, 1.82) is 0 Å². The minimum absolute atomic E-state index is 0.0347. The van der Waals surface area contributed by atoms with E-state index in [4.69, 9.17) is 4.99 Å². The number of amidine groups is 1. The normalized spacial score (nSPS) is 28.6. The molecule has 0 saturated carbocycles. The highest BCUT2D eigenvalue weighted by Crippen LogP contribution is 2.43. The van der Waals surface area contributed by atoms with Gasteiger partial charge in [-0.2, -0.15) is 0 Å². The summed E-state index contributed by atoms with van der Waals surface area (Å²) >= 11 is 0. The number of rotatable bonds is 0. The van der Waals surface area contributed by atoms with Crippen LogP contribution in [0.25, 0.3) is 0 Å². The number of hydrogen-bond acceptors (Lipinski definition) is 2. The third-order valence-electron chi connectivity index (χ3n) is 3.90. The van der Waals surface area contributed by atoms with Crippen molar-refractivity contribution in [3.05, 3.63) is 11.3 Å². The molecule has 0 radical (unpaired) electrons. The van der Waals surface area contributed by atoms with Crippen molar-refractivity contribution in [1.82, 2.24) is 4.90 Å². The molecule has 0 N–H and O–H groups in total. The Morgan fingerprint density at radius 3 is 2.16 bits per heavy atom. The maximum absolute atomic E-state index is 13.9. The quantitative estimate of drug-likeness (QED) is 0.642. The second kappa shape index (κ2) is 4.32. The van der Waals surface area contributed by atoms with E-state index in [1.807, 2.05) is 0 Å². The number of halogens is 1. The van der Waals surface area contributed by atoms with Gasteiger partial charge in [0.05, 0.1) is 12.6 Å². The van der Waals surface area contributed by atoms with Gasteiger partial charge in [-0.15, -0.1) is 0 Å². The summed E-state index contributed by atoms with van der Waals surface area (Å²) < 4.78 is 13.9. The first-order chi connectivity index (χ1) is 8.51. The Hall–Kier alpha value is -0.860. The second-order valence-electron chi connectivity index (χ2n) is 7.90. The van der Waals surface area contributed by atoms with Gasteiger partial charge >= 0.3 is 0 Å². The Kier molecular flexibility index (Phi) is 3.31. The van der Waals surface area contributed by atoms with Gasteiger partial charge in [-0.05, 0) is 17.9 Å². The lowest BCUT2D eigenvalue weighted by molar-refractivity contribution is 0.331. The maximum Gasteiger partial charge on any atom is 0.123 e. The largest absolute Gasteiger partial charge is 0.330 e. The smallest absolute Gasteiger partial charge is 0.123 e. The van der Waals surface area contributed by atoms with Gasteiger partial charge in [-0.3, -0.25) is 4.99 Å². The molecule has 2 aliphatic heterocycles. The zero-order valence-corrected chi connectivity index (χ0v) is 13.3. The number of nitrogens with zero attached hydrogens (tertiary/aromatic N) is 2. The number of alkyl halides is 1. The van der Waals surface area contributed by atoms with Crippen molar-refractivity contribution >= 4 is 5.84 Å². The average Bonchev–Trinajstić information content (AvgIpc) is 2.53. The lowest BCUT2D eigenvalue weighted by Gasteiger charge is -2.41. The van der Waals surface area contributed by atoms with Gasteiger partial charge in [0.1, 0.15) is 12.0 Å². The monoisotopic (exact) mass is 266 g/mol. The summed E-state index contributed by atoms with van der Waals surface area (Å²) in [6, 6.07) is 0.158. The highest BCUT2D eigenvalue weighted by atomic mass is 19.1. The van der Waals surface area contributed by atoms with E-state index in [0.29, 0.717) is 13.0 Å². The van der Waals surface area contributed by atoms with Crippen LogP contribution in [-0.2, 0) is 0 Å². The summed E-state index contributed by atoms with van der Waals surface area (Å²) in [5.41, 5.74) is 2.50. The summed E-state index contributed by atoms with van der Waals surface area (Å²) in [6.45, 7) is 15.7. The highest BCUT2D eigenvalue weighted by Gasteiger charge is 2.42. The third kappa shape index (κ3) is 2.56. The van der Waals surface area contributed by atoms with Crippen molar-refractivity contribution in [3.63, 3.8) is 0 Å². The molecule has 0 bridgehead atoms. The fourth-order valence-electron chi connectivity index (χ4n) is 3.38. The highest BCUT2D eigenvalue weighted by molar-refractivity contribution is 5.90. The molecule has 0 spiro atoms. The molecule has 0 aromatic heterocycles. The molecule has 19 heavy (non-hydrogen) atoms. The van der Waals surface area contributed by atoms with E-state index >= 15 is 0 Å². The number of allylic oxidation sites excluding steroid dienone is 1. The molecule has 1 saturated heterocycles. The molecular weight excluding hydrogens is 239 g/mol. The third-order valence-corrected chi connectivity index (χ3v) is 3.90. The van der Waals surface area contributed by atoms with Crippen molar-refractivity contribution in [3.8, 4) is 0 Å². The van der Waals surface area contributed by atoms with Gasteiger partial charge in [-0.1, -0.05) is 41.5 Å². The molecule has 108 valence electrons. The number of hydrogen-bond donors (Lipinski definition) is 0. The van der Waals surface area contributed by atoms with Gasteiger partial charge in [0.25, 0.3) is 0 Å². The zero-order valence-electron chi connectivity index (χ0n) is 13.3. The van der Waals surface area contributed by atoms with Crippen LogP contribution in [-0.4, -0.2) is 29.5 Å². The Morgan fingerprint density at radius 1 is 1.11 bits per heavy atom. The fraction of sp³-hybridized carbons (Fsp3) is 0.812. The van der Waals surface area contributed by atoms with Crippen LogP contribution < -0.4 is 0 Å². The molecule has 2 rings (SSSR count). The molecule has 0 aliphatic carbocycles. The van der Waals surface area contributed by atoms with E-state index in [1.54, 1.807) is 0 Å². The first-order valence-corrected chi connectivity index (χ1v) is 7.25.